The summed E-state index contributed by atoms with van der Waals surface area (Å²) in [6, 6.07) is 4.27. The normalized spacial score (nSPS) is 10.1. The van der Waals surface area contributed by atoms with Gasteiger partial charge in [0.1, 0.15) is 0 Å². The molecule has 60 valence electrons. The van der Waals surface area contributed by atoms with E-state index in [0.29, 0.717) is 0 Å². The van der Waals surface area contributed by atoms with Crippen LogP contribution in [0.4, 0.5) is 5.69 Å². The van der Waals surface area contributed by atoms with E-state index in [1.54, 1.807) is 0 Å². The van der Waals surface area contributed by atoms with Crippen molar-refractivity contribution in [1.82, 2.24) is 0 Å². The van der Waals surface area contributed by atoms with Crippen LogP contribution >= 0.6 is 0 Å². The van der Waals surface area contributed by atoms with Gasteiger partial charge in [-0.3, -0.25) is 0 Å². The van der Waals surface area contributed by atoms with Crippen LogP contribution in [0.15, 0.2) is 12.1 Å². The number of nitrogen functional groups attached to an aromatic ring is 1. The fourth-order valence-electron chi connectivity index (χ4n) is 1.36. The van der Waals surface area contributed by atoms with Crippen LogP contribution in [0.1, 0.15) is 23.6 Å². The Morgan fingerprint density at radius 1 is 1.27 bits per heavy atom. The summed E-state index contributed by atoms with van der Waals surface area (Å²) in [6.45, 7) is 6.29. The Bertz CT molecular complexity index is 264. The van der Waals surface area contributed by atoms with E-state index in [0.717, 1.165) is 12.1 Å². The summed E-state index contributed by atoms with van der Waals surface area (Å²) >= 11 is 0. The number of hydrogen-bond acceptors (Lipinski definition) is 1. The molecule has 11 heavy (non-hydrogen) atoms. The van der Waals surface area contributed by atoms with E-state index in [4.69, 9.17) is 5.73 Å². The molecule has 0 aliphatic heterocycles. The first-order valence-corrected chi connectivity index (χ1v) is 4.00. The van der Waals surface area contributed by atoms with E-state index >= 15 is 0 Å². The lowest BCUT2D eigenvalue weighted by Crippen LogP contribution is -1.96. The molecular formula is C10H15N. The highest BCUT2D eigenvalue weighted by Crippen LogP contribution is 2.19. The molecule has 0 unspecified atom stereocenters. The van der Waals surface area contributed by atoms with Gasteiger partial charge in [-0.2, -0.15) is 0 Å². The van der Waals surface area contributed by atoms with Crippen molar-refractivity contribution in [1.29, 1.82) is 0 Å². The van der Waals surface area contributed by atoms with Crippen molar-refractivity contribution in [2.75, 3.05) is 5.73 Å². The summed E-state index contributed by atoms with van der Waals surface area (Å²) in [4.78, 5) is 0. The highest BCUT2D eigenvalue weighted by Gasteiger charge is 1.99. The van der Waals surface area contributed by atoms with Gasteiger partial charge in [0.25, 0.3) is 0 Å². The Morgan fingerprint density at radius 2 is 1.91 bits per heavy atom. The van der Waals surface area contributed by atoms with Crippen molar-refractivity contribution in [3.05, 3.63) is 28.8 Å². The molecule has 0 aliphatic rings. The van der Waals surface area contributed by atoms with Crippen LogP contribution < -0.4 is 5.73 Å². The molecule has 0 saturated carbocycles. The third kappa shape index (κ3) is 1.53. The van der Waals surface area contributed by atoms with Crippen LogP contribution in [0.3, 0.4) is 0 Å². The van der Waals surface area contributed by atoms with Gasteiger partial charge in [-0.1, -0.05) is 24.6 Å². The molecule has 0 fully saturated rings. The van der Waals surface area contributed by atoms with Crippen LogP contribution in [0.2, 0.25) is 0 Å². The molecule has 0 spiro atoms. The van der Waals surface area contributed by atoms with Gasteiger partial charge in [0.2, 0.25) is 0 Å². The largest absolute Gasteiger partial charge is 0.398 e. The topological polar surface area (TPSA) is 26.0 Å². The second-order valence-electron chi connectivity index (χ2n) is 3.01. The molecule has 1 aromatic carbocycles. The maximum Gasteiger partial charge on any atom is 0.0376 e. The van der Waals surface area contributed by atoms with Gasteiger partial charge in [0.05, 0.1) is 0 Å². The predicted molar refractivity (Wildman–Crippen MR) is 49.7 cm³/mol. The molecule has 0 saturated heterocycles. The highest BCUT2D eigenvalue weighted by atomic mass is 14.6. The maximum atomic E-state index is 5.86. The summed E-state index contributed by atoms with van der Waals surface area (Å²) in [5.41, 5.74) is 10.6. The zero-order valence-electron chi connectivity index (χ0n) is 7.44. The minimum atomic E-state index is 0.957. The third-order valence-corrected chi connectivity index (χ3v) is 2.00. The van der Waals surface area contributed by atoms with Gasteiger partial charge < -0.3 is 5.73 Å². The van der Waals surface area contributed by atoms with Crippen LogP contribution in [0.5, 0.6) is 0 Å². The average molecular weight is 149 g/mol. The standard InChI is InChI=1S/C10H15N/c1-4-9-6-7(2)5-8(3)10(9)11/h5-6H,4,11H2,1-3H3. The fourth-order valence-corrected chi connectivity index (χ4v) is 1.36. The molecule has 2 N–H and O–H groups in total. The number of nitrogens with two attached hydrogens (primary N) is 1. The Labute approximate surface area is 68.2 Å². The molecule has 0 heterocycles. The van der Waals surface area contributed by atoms with Crippen LogP contribution in [-0.2, 0) is 6.42 Å². The number of hydrogen-bond donors (Lipinski definition) is 1. The molecule has 1 aromatic rings. The van der Waals surface area contributed by atoms with E-state index in [1.165, 1.54) is 16.7 Å². The SMILES string of the molecule is CCc1cc(C)cc(C)c1N. The lowest BCUT2D eigenvalue weighted by molar-refractivity contribution is 1.13. The van der Waals surface area contributed by atoms with Gasteiger partial charge in [-0.15, -0.1) is 0 Å². The zero-order valence-corrected chi connectivity index (χ0v) is 7.44. The zero-order chi connectivity index (χ0) is 8.43. The summed E-state index contributed by atoms with van der Waals surface area (Å²) in [5, 5.41) is 0. The number of benzene rings is 1. The van der Waals surface area contributed by atoms with Crippen molar-refractivity contribution >= 4 is 5.69 Å². The van der Waals surface area contributed by atoms with Gasteiger partial charge in [0.15, 0.2) is 0 Å². The van der Waals surface area contributed by atoms with E-state index in [2.05, 4.69) is 32.9 Å². The third-order valence-electron chi connectivity index (χ3n) is 2.00. The lowest BCUT2D eigenvalue weighted by atomic mass is 10.0. The summed E-state index contributed by atoms with van der Waals surface area (Å²) < 4.78 is 0. The van der Waals surface area contributed by atoms with Crippen LogP contribution in [0.25, 0.3) is 0 Å². The quantitative estimate of drug-likeness (QED) is 0.610. The molecule has 0 aromatic heterocycles. The van der Waals surface area contributed by atoms with Crippen molar-refractivity contribution in [3.63, 3.8) is 0 Å². The molecule has 1 heteroatoms. The molecule has 0 amide bonds. The second kappa shape index (κ2) is 2.95. The Balaban J connectivity index is 3.24. The van der Waals surface area contributed by atoms with Crippen molar-refractivity contribution < 1.29 is 0 Å². The van der Waals surface area contributed by atoms with Gasteiger partial charge in [-0.25, -0.2) is 0 Å². The summed E-state index contributed by atoms with van der Waals surface area (Å²) in [5.74, 6) is 0. The number of anilines is 1. The molecule has 0 bridgehead atoms. The second-order valence-corrected chi connectivity index (χ2v) is 3.01. The molecular weight excluding hydrogens is 134 g/mol. The fraction of sp³-hybridized carbons (Fsp3) is 0.400. The minimum Gasteiger partial charge on any atom is -0.398 e. The Hall–Kier alpha value is -0.980. The number of aryl methyl sites for hydroxylation is 3. The monoisotopic (exact) mass is 149 g/mol. The summed E-state index contributed by atoms with van der Waals surface area (Å²) in [7, 11) is 0. The lowest BCUT2D eigenvalue weighted by Gasteiger charge is -2.07. The van der Waals surface area contributed by atoms with Crippen molar-refractivity contribution in [2.45, 2.75) is 27.2 Å². The van der Waals surface area contributed by atoms with Gasteiger partial charge in [-0.05, 0) is 31.4 Å². The van der Waals surface area contributed by atoms with Gasteiger partial charge >= 0.3 is 0 Å². The first kappa shape index (κ1) is 8.12. The van der Waals surface area contributed by atoms with E-state index in [-0.39, 0.29) is 0 Å². The Morgan fingerprint density at radius 3 is 2.45 bits per heavy atom. The van der Waals surface area contributed by atoms with E-state index in [9.17, 15) is 0 Å². The van der Waals surface area contributed by atoms with Crippen LogP contribution in [-0.4, -0.2) is 0 Å². The smallest absolute Gasteiger partial charge is 0.0376 e. The molecule has 1 nitrogen and oxygen atoms in total. The van der Waals surface area contributed by atoms with Crippen LogP contribution in [0, 0.1) is 13.8 Å². The predicted octanol–water partition coefficient (Wildman–Crippen LogP) is 2.45. The summed E-state index contributed by atoms with van der Waals surface area (Å²) in [6.07, 6.45) is 1.02. The Kier molecular flexibility index (Phi) is 2.18. The van der Waals surface area contributed by atoms with E-state index in [1.807, 2.05) is 0 Å². The maximum absolute atomic E-state index is 5.86. The molecule has 0 aliphatic carbocycles. The minimum absolute atomic E-state index is 0.957. The average Bonchev–Trinajstić information content (AvgIpc) is 1.96. The molecule has 0 atom stereocenters. The van der Waals surface area contributed by atoms with E-state index < -0.39 is 0 Å². The molecule has 0 radical (unpaired) electrons. The van der Waals surface area contributed by atoms with Crippen molar-refractivity contribution in [3.8, 4) is 0 Å². The molecule has 1 rings (SSSR count). The highest BCUT2D eigenvalue weighted by molar-refractivity contribution is 5.54. The first-order valence-electron chi connectivity index (χ1n) is 4.00. The van der Waals surface area contributed by atoms with Crippen molar-refractivity contribution in [2.24, 2.45) is 0 Å². The number of rotatable bonds is 1. The first-order chi connectivity index (χ1) is 5.15. The van der Waals surface area contributed by atoms with Gasteiger partial charge in [0, 0.05) is 5.69 Å².